The highest BCUT2D eigenvalue weighted by atomic mass is 16.5. The third-order valence-electron chi connectivity index (χ3n) is 3.78. The number of carbonyl (C=O) groups excluding carboxylic acids is 2. The predicted molar refractivity (Wildman–Crippen MR) is 76.7 cm³/mol. The molecule has 122 valence electrons. The summed E-state index contributed by atoms with van der Waals surface area (Å²) in [4.78, 5) is 25.7. The van der Waals surface area contributed by atoms with E-state index in [2.05, 4.69) is 5.32 Å². The Bertz CT molecular complexity index is 350. The van der Waals surface area contributed by atoms with Gasteiger partial charge in [0.15, 0.2) is 0 Å². The molecule has 3 unspecified atom stereocenters. The van der Waals surface area contributed by atoms with E-state index in [0.29, 0.717) is 19.7 Å². The molecule has 0 bridgehead atoms. The van der Waals surface area contributed by atoms with E-state index < -0.39 is 12.0 Å². The number of rotatable bonds is 7. The van der Waals surface area contributed by atoms with Gasteiger partial charge in [0, 0.05) is 13.1 Å². The van der Waals surface area contributed by atoms with Gasteiger partial charge in [-0.25, -0.2) is 4.79 Å². The monoisotopic (exact) mass is 302 g/mol. The summed E-state index contributed by atoms with van der Waals surface area (Å²) >= 11 is 0. The van der Waals surface area contributed by atoms with Gasteiger partial charge in [0.2, 0.25) is 5.91 Å². The molecule has 0 radical (unpaired) electrons. The number of nitrogens with zero attached hydrogens (tertiary/aromatic N) is 1. The minimum atomic E-state index is -0.623. The maximum Gasteiger partial charge on any atom is 0.328 e. The number of morpholine rings is 1. The standard InChI is InChI=1S/C14H26N2O5/c1-4-10(2)13(14(19)20-3)15-12(18)8-16-5-6-21-11(7-16)9-17/h10-11,13,17H,4-9H2,1-3H3,(H,15,18). The number of hydrogen-bond acceptors (Lipinski definition) is 6. The smallest absolute Gasteiger partial charge is 0.328 e. The summed E-state index contributed by atoms with van der Waals surface area (Å²) in [6.45, 7) is 5.62. The van der Waals surface area contributed by atoms with E-state index in [1.165, 1.54) is 7.11 Å². The molecule has 0 aliphatic carbocycles. The first-order valence-electron chi connectivity index (χ1n) is 7.33. The SMILES string of the molecule is CCC(C)C(NC(=O)CN1CCOC(CO)C1)C(=O)OC. The van der Waals surface area contributed by atoms with Crippen molar-refractivity contribution >= 4 is 11.9 Å². The van der Waals surface area contributed by atoms with Gasteiger partial charge in [0.1, 0.15) is 6.04 Å². The van der Waals surface area contributed by atoms with E-state index in [-0.39, 0.29) is 31.1 Å². The topological polar surface area (TPSA) is 88.1 Å². The molecule has 0 aromatic carbocycles. The van der Waals surface area contributed by atoms with Gasteiger partial charge in [-0.1, -0.05) is 20.3 Å². The van der Waals surface area contributed by atoms with Crippen LogP contribution in [0.3, 0.4) is 0 Å². The van der Waals surface area contributed by atoms with Crippen LogP contribution < -0.4 is 5.32 Å². The Morgan fingerprint density at radius 3 is 2.81 bits per heavy atom. The summed E-state index contributed by atoms with van der Waals surface area (Å²) in [6.07, 6.45) is 0.516. The Labute approximate surface area is 125 Å². The lowest BCUT2D eigenvalue weighted by Gasteiger charge is -2.32. The average Bonchev–Trinajstić information content (AvgIpc) is 2.51. The zero-order valence-corrected chi connectivity index (χ0v) is 13.0. The van der Waals surface area contributed by atoms with Crippen molar-refractivity contribution in [3.05, 3.63) is 0 Å². The first-order valence-corrected chi connectivity index (χ1v) is 7.33. The maximum absolute atomic E-state index is 12.1. The van der Waals surface area contributed by atoms with Crippen molar-refractivity contribution in [2.75, 3.05) is 40.0 Å². The highest BCUT2D eigenvalue weighted by Crippen LogP contribution is 2.10. The summed E-state index contributed by atoms with van der Waals surface area (Å²) in [5, 5.41) is 11.8. The van der Waals surface area contributed by atoms with Gasteiger partial charge in [-0.05, 0) is 5.92 Å². The Hall–Kier alpha value is -1.18. The van der Waals surface area contributed by atoms with Crippen molar-refractivity contribution in [3.63, 3.8) is 0 Å². The summed E-state index contributed by atoms with van der Waals surface area (Å²) in [6, 6.07) is -0.623. The second-order valence-electron chi connectivity index (χ2n) is 5.36. The van der Waals surface area contributed by atoms with Crippen LogP contribution in [0.15, 0.2) is 0 Å². The largest absolute Gasteiger partial charge is 0.467 e. The minimum absolute atomic E-state index is 0.0104. The first kappa shape index (κ1) is 17.9. The number of aliphatic hydroxyl groups excluding tert-OH is 1. The van der Waals surface area contributed by atoms with Gasteiger partial charge in [-0.2, -0.15) is 0 Å². The molecule has 1 fully saturated rings. The summed E-state index contributed by atoms with van der Waals surface area (Å²) < 4.78 is 10.1. The second kappa shape index (κ2) is 8.96. The fourth-order valence-electron chi connectivity index (χ4n) is 2.25. The molecular weight excluding hydrogens is 276 g/mol. The van der Waals surface area contributed by atoms with E-state index in [4.69, 9.17) is 14.6 Å². The molecule has 1 saturated heterocycles. The van der Waals surface area contributed by atoms with E-state index in [1.807, 2.05) is 18.7 Å². The molecule has 0 saturated carbocycles. The molecule has 3 atom stereocenters. The number of esters is 1. The van der Waals surface area contributed by atoms with Crippen LogP contribution in [0.4, 0.5) is 0 Å². The fourth-order valence-corrected chi connectivity index (χ4v) is 2.25. The molecule has 0 aromatic heterocycles. The number of ether oxygens (including phenoxy) is 2. The van der Waals surface area contributed by atoms with Crippen LogP contribution in [-0.2, 0) is 19.1 Å². The van der Waals surface area contributed by atoms with Crippen LogP contribution >= 0.6 is 0 Å². The van der Waals surface area contributed by atoms with Gasteiger partial charge in [0.25, 0.3) is 0 Å². The number of amides is 1. The first-order chi connectivity index (χ1) is 10.0. The average molecular weight is 302 g/mol. The minimum Gasteiger partial charge on any atom is -0.467 e. The zero-order chi connectivity index (χ0) is 15.8. The summed E-state index contributed by atoms with van der Waals surface area (Å²) in [5.41, 5.74) is 0. The van der Waals surface area contributed by atoms with Crippen LogP contribution in [0.2, 0.25) is 0 Å². The molecule has 1 heterocycles. The Balaban J connectivity index is 2.51. The van der Waals surface area contributed by atoms with Crippen molar-refractivity contribution in [2.45, 2.75) is 32.4 Å². The molecule has 21 heavy (non-hydrogen) atoms. The van der Waals surface area contributed by atoms with Crippen LogP contribution in [0.5, 0.6) is 0 Å². The molecule has 0 aromatic rings. The number of aliphatic hydroxyl groups is 1. The molecule has 1 aliphatic rings. The summed E-state index contributed by atoms with van der Waals surface area (Å²) in [5.74, 6) is -0.631. The van der Waals surface area contributed by atoms with E-state index in [9.17, 15) is 9.59 Å². The third kappa shape index (κ3) is 5.61. The van der Waals surface area contributed by atoms with Gasteiger partial charge in [0.05, 0.1) is 33.0 Å². The summed E-state index contributed by atoms with van der Waals surface area (Å²) in [7, 11) is 1.32. The molecule has 1 aliphatic heterocycles. The molecule has 7 heteroatoms. The van der Waals surface area contributed by atoms with E-state index in [0.717, 1.165) is 6.42 Å². The van der Waals surface area contributed by atoms with Crippen LogP contribution in [-0.4, -0.2) is 74.0 Å². The Kier molecular flexibility index (Phi) is 7.63. The van der Waals surface area contributed by atoms with Gasteiger partial charge < -0.3 is 19.9 Å². The molecule has 7 nitrogen and oxygen atoms in total. The lowest BCUT2D eigenvalue weighted by molar-refractivity contribution is -0.147. The van der Waals surface area contributed by atoms with Crippen LogP contribution in [0.1, 0.15) is 20.3 Å². The van der Waals surface area contributed by atoms with Crippen molar-refractivity contribution in [1.29, 1.82) is 0 Å². The predicted octanol–water partition coefficient (Wildman–Crippen LogP) is -0.617. The van der Waals surface area contributed by atoms with E-state index >= 15 is 0 Å². The third-order valence-corrected chi connectivity index (χ3v) is 3.78. The van der Waals surface area contributed by atoms with Gasteiger partial charge in [-0.3, -0.25) is 9.69 Å². The van der Waals surface area contributed by atoms with Crippen LogP contribution in [0, 0.1) is 5.92 Å². The maximum atomic E-state index is 12.1. The molecule has 1 rings (SSSR count). The zero-order valence-electron chi connectivity index (χ0n) is 13.0. The number of carbonyl (C=O) groups is 2. The van der Waals surface area contributed by atoms with Crippen molar-refractivity contribution < 1.29 is 24.2 Å². The molecule has 2 N–H and O–H groups in total. The number of nitrogens with one attached hydrogen (secondary N) is 1. The van der Waals surface area contributed by atoms with Crippen molar-refractivity contribution in [1.82, 2.24) is 10.2 Å². The number of hydrogen-bond donors (Lipinski definition) is 2. The normalized spacial score (nSPS) is 22.4. The quantitative estimate of drug-likeness (QED) is 0.610. The number of methoxy groups -OCH3 is 1. The molecular formula is C14H26N2O5. The lowest BCUT2D eigenvalue weighted by Crippen LogP contribution is -2.52. The fraction of sp³-hybridized carbons (Fsp3) is 0.857. The molecule has 0 spiro atoms. The van der Waals surface area contributed by atoms with Gasteiger partial charge in [-0.15, -0.1) is 0 Å². The van der Waals surface area contributed by atoms with Crippen molar-refractivity contribution in [3.8, 4) is 0 Å². The van der Waals surface area contributed by atoms with E-state index in [1.54, 1.807) is 0 Å². The van der Waals surface area contributed by atoms with Crippen LogP contribution in [0.25, 0.3) is 0 Å². The highest BCUT2D eigenvalue weighted by Gasteiger charge is 2.28. The highest BCUT2D eigenvalue weighted by molar-refractivity contribution is 5.85. The Morgan fingerprint density at radius 1 is 1.52 bits per heavy atom. The molecule has 1 amide bonds. The van der Waals surface area contributed by atoms with Crippen molar-refractivity contribution in [2.24, 2.45) is 5.92 Å². The Morgan fingerprint density at radius 2 is 2.24 bits per heavy atom. The van der Waals surface area contributed by atoms with Gasteiger partial charge >= 0.3 is 5.97 Å². The second-order valence-corrected chi connectivity index (χ2v) is 5.36. The lowest BCUT2D eigenvalue weighted by atomic mass is 9.99.